The van der Waals surface area contributed by atoms with Gasteiger partial charge in [-0.1, -0.05) is 37.3 Å². The molecule has 1 aliphatic carbocycles. The van der Waals surface area contributed by atoms with Crippen LogP contribution in [0.5, 0.6) is 0 Å². The molecule has 0 aliphatic heterocycles. The Hall–Kier alpha value is -1.90. The molecular formula is C17H20N2O. The molecule has 3 rings (SSSR count). The van der Waals surface area contributed by atoms with Gasteiger partial charge in [0.15, 0.2) is 5.78 Å². The molecule has 0 fully saturated rings. The first kappa shape index (κ1) is 13.1. The summed E-state index contributed by atoms with van der Waals surface area (Å²) in [6.07, 6.45) is 4.55. The average Bonchev–Trinajstić information content (AvgIpc) is 2.80. The predicted octanol–water partition coefficient (Wildman–Crippen LogP) is 3.40. The van der Waals surface area contributed by atoms with Crippen molar-refractivity contribution in [2.45, 2.75) is 45.6 Å². The van der Waals surface area contributed by atoms with Crippen LogP contribution in [-0.2, 0) is 19.4 Å². The number of aryl methyl sites for hydroxylation is 2. The monoisotopic (exact) mass is 268 g/mol. The molecule has 0 atom stereocenters. The fraction of sp³-hybridized carbons (Fsp3) is 0.412. The van der Waals surface area contributed by atoms with Gasteiger partial charge in [-0.05, 0) is 24.8 Å². The van der Waals surface area contributed by atoms with Crippen LogP contribution in [0.25, 0.3) is 0 Å². The van der Waals surface area contributed by atoms with Crippen LogP contribution in [-0.4, -0.2) is 15.3 Å². The number of hydrogen-bond donors (Lipinski definition) is 0. The molecule has 3 heteroatoms. The Bertz CT molecular complexity index is 613. The van der Waals surface area contributed by atoms with Crippen LogP contribution in [0.2, 0.25) is 0 Å². The molecule has 0 spiro atoms. The quantitative estimate of drug-likeness (QED) is 0.851. The van der Waals surface area contributed by atoms with Crippen LogP contribution in [0.4, 0.5) is 0 Å². The fourth-order valence-electron chi connectivity index (χ4n) is 2.93. The normalized spacial score (nSPS) is 14.3. The number of fused-ring (bicyclic) bond motifs is 1. The summed E-state index contributed by atoms with van der Waals surface area (Å²) in [5.74, 6) is 1.33. The molecule has 104 valence electrons. The smallest absolute Gasteiger partial charge is 0.181 e. The van der Waals surface area contributed by atoms with E-state index in [1.54, 1.807) is 0 Å². The first-order valence-corrected chi connectivity index (χ1v) is 7.45. The van der Waals surface area contributed by atoms with Crippen molar-refractivity contribution >= 4 is 5.78 Å². The second-order valence-electron chi connectivity index (χ2n) is 5.42. The summed E-state index contributed by atoms with van der Waals surface area (Å²) < 4.78 is 2.15. The van der Waals surface area contributed by atoms with Crippen molar-refractivity contribution in [3.63, 3.8) is 0 Å². The van der Waals surface area contributed by atoms with Gasteiger partial charge in [-0.3, -0.25) is 4.79 Å². The highest BCUT2D eigenvalue weighted by atomic mass is 16.1. The van der Waals surface area contributed by atoms with Gasteiger partial charge >= 0.3 is 0 Å². The van der Waals surface area contributed by atoms with Gasteiger partial charge in [0, 0.05) is 19.4 Å². The summed E-state index contributed by atoms with van der Waals surface area (Å²) >= 11 is 0. The Balaban J connectivity index is 2.03. The number of nitrogens with zero attached hydrogens (tertiary/aromatic N) is 2. The van der Waals surface area contributed by atoms with Crippen molar-refractivity contribution in [3.05, 3.63) is 53.1 Å². The molecule has 1 aliphatic rings. The lowest BCUT2D eigenvalue weighted by molar-refractivity contribution is 0.0963. The maximum absolute atomic E-state index is 12.3. The number of carbonyl (C=O) groups is 1. The second kappa shape index (κ2) is 5.61. The van der Waals surface area contributed by atoms with Crippen molar-refractivity contribution < 1.29 is 4.79 Å². The number of Topliss-reactive ketones (excluding diaryl/α,β-unsaturated/α-hetero) is 1. The SMILES string of the molecule is CCCc1nc2c(n1Cc1ccccc1)C(=O)CCC2. The zero-order valence-corrected chi connectivity index (χ0v) is 11.9. The maximum Gasteiger partial charge on any atom is 0.181 e. The molecule has 0 radical (unpaired) electrons. The van der Waals surface area contributed by atoms with Gasteiger partial charge < -0.3 is 4.57 Å². The van der Waals surface area contributed by atoms with Crippen molar-refractivity contribution in [1.29, 1.82) is 0 Å². The van der Waals surface area contributed by atoms with E-state index in [0.717, 1.165) is 49.4 Å². The van der Waals surface area contributed by atoms with E-state index in [1.807, 2.05) is 18.2 Å². The number of aromatic nitrogens is 2. The standard InChI is InChI=1S/C17H20N2O/c1-2-7-16-18-14-10-6-11-15(20)17(14)19(16)12-13-8-4-3-5-9-13/h3-5,8-9H,2,6-7,10-12H2,1H3. The third-order valence-corrected chi connectivity index (χ3v) is 3.86. The van der Waals surface area contributed by atoms with E-state index in [2.05, 4.69) is 23.6 Å². The van der Waals surface area contributed by atoms with Crippen molar-refractivity contribution in [3.8, 4) is 0 Å². The molecule has 20 heavy (non-hydrogen) atoms. The van der Waals surface area contributed by atoms with Gasteiger partial charge in [0.1, 0.15) is 11.5 Å². The van der Waals surface area contributed by atoms with Gasteiger partial charge in [0.25, 0.3) is 0 Å². The van der Waals surface area contributed by atoms with E-state index in [9.17, 15) is 4.79 Å². The minimum atomic E-state index is 0.261. The van der Waals surface area contributed by atoms with E-state index < -0.39 is 0 Å². The lowest BCUT2D eigenvalue weighted by atomic mass is 9.99. The zero-order chi connectivity index (χ0) is 13.9. The highest BCUT2D eigenvalue weighted by Crippen LogP contribution is 2.24. The van der Waals surface area contributed by atoms with Crippen molar-refractivity contribution in [2.24, 2.45) is 0 Å². The van der Waals surface area contributed by atoms with Crippen LogP contribution < -0.4 is 0 Å². The number of benzene rings is 1. The first-order chi connectivity index (χ1) is 9.79. The molecule has 1 aromatic heterocycles. The zero-order valence-electron chi connectivity index (χ0n) is 11.9. The topological polar surface area (TPSA) is 34.9 Å². The summed E-state index contributed by atoms with van der Waals surface area (Å²) in [6, 6.07) is 10.3. The van der Waals surface area contributed by atoms with Gasteiger partial charge in [-0.15, -0.1) is 0 Å². The Morgan fingerprint density at radius 3 is 2.75 bits per heavy atom. The molecule has 0 bridgehead atoms. The third-order valence-electron chi connectivity index (χ3n) is 3.86. The molecule has 0 saturated heterocycles. The summed E-state index contributed by atoms with van der Waals surface area (Å²) in [5.41, 5.74) is 3.10. The van der Waals surface area contributed by atoms with E-state index in [-0.39, 0.29) is 5.78 Å². The molecule has 0 N–H and O–H groups in total. The minimum absolute atomic E-state index is 0.261. The molecular weight excluding hydrogens is 248 g/mol. The molecule has 2 aromatic rings. The number of hydrogen-bond acceptors (Lipinski definition) is 2. The van der Waals surface area contributed by atoms with Gasteiger partial charge in [0.05, 0.1) is 5.69 Å². The molecule has 1 aromatic carbocycles. The summed E-state index contributed by atoms with van der Waals surface area (Å²) in [7, 11) is 0. The Labute approximate surface area is 119 Å². The van der Waals surface area contributed by atoms with Crippen LogP contribution in [0.15, 0.2) is 30.3 Å². The van der Waals surface area contributed by atoms with Crippen LogP contribution >= 0.6 is 0 Å². The van der Waals surface area contributed by atoms with E-state index in [4.69, 9.17) is 4.98 Å². The Morgan fingerprint density at radius 1 is 1.20 bits per heavy atom. The summed E-state index contributed by atoms with van der Waals surface area (Å²) in [4.78, 5) is 17.0. The van der Waals surface area contributed by atoms with E-state index in [1.165, 1.54) is 5.56 Å². The molecule has 1 heterocycles. The van der Waals surface area contributed by atoms with Crippen molar-refractivity contribution in [2.75, 3.05) is 0 Å². The predicted molar refractivity (Wildman–Crippen MR) is 79.0 cm³/mol. The van der Waals surface area contributed by atoms with Crippen molar-refractivity contribution in [1.82, 2.24) is 9.55 Å². The van der Waals surface area contributed by atoms with Crippen LogP contribution in [0, 0.1) is 0 Å². The largest absolute Gasteiger partial charge is 0.321 e. The van der Waals surface area contributed by atoms with Crippen LogP contribution in [0.1, 0.15) is 53.8 Å². The van der Waals surface area contributed by atoms with E-state index in [0.29, 0.717) is 6.42 Å². The summed E-state index contributed by atoms with van der Waals surface area (Å²) in [6.45, 7) is 2.91. The lowest BCUT2D eigenvalue weighted by Gasteiger charge is -2.14. The molecule has 3 nitrogen and oxygen atoms in total. The molecule has 0 amide bonds. The second-order valence-corrected chi connectivity index (χ2v) is 5.42. The molecule has 0 saturated carbocycles. The minimum Gasteiger partial charge on any atom is -0.321 e. The Morgan fingerprint density at radius 2 is 2.00 bits per heavy atom. The van der Waals surface area contributed by atoms with Gasteiger partial charge in [-0.2, -0.15) is 0 Å². The highest BCUT2D eigenvalue weighted by molar-refractivity contribution is 5.96. The lowest BCUT2D eigenvalue weighted by Crippen LogP contribution is -2.17. The average molecular weight is 268 g/mol. The van der Waals surface area contributed by atoms with Crippen LogP contribution in [0.3, 0.4) is 0 Å². The Kier molecular flexibility index (Phi) is 3.68. The van der Waals surface area contributed by atoms with Gasteiger partial charge in [0.2, 0.25) is 0 Å². The number of imidazole rings is 1. The summed E-state index contributed by atoms with van der Waals surface area (Å²) in [5, 5.41) is 0. The maximum atomic E-state index is 12.3. The van der Waals surface area contributed by atoms with Gasteiger partial charge in [-0.25, -0.2) is 4.98 Å². The highest BCUT2D eigenvalue weighted by Gasteiger charge is 2.25. The van der Waals surface area contributed by atoms with E-state index >= 15 is 0 Å². The number of rotatable bonds is 4. The number of ketones is 1. The number of carbonyl (C=O) groups excluding carboxylic acids is 1. The fourth-order valence-corrected chi connectivity index (χ4v) is 2.93. The third kappa shape index (κ3) is 2.40. The first-order valence-electron chi connectivity index (χ1n) is 7.45. The molecule has 0 unspecified atom stereocenters.